The van der Waals surface area contributed by atoms with Gasteiger partial charge >= 0.3 is 0 Å². The first kappa shape index (κ1) is 14.5. The Balaban J connectivity index is 2.31. The standard InChI is InChI=1S/C14H10ClFN2OS/c15-12-6-11(18)4-5-13(12)20(19)8-10-3-1-2-9(7-17)14(10)16/h1-6H,8,18H2. The second-order valence-electron chi connectivity index (χ2n) is 4.07. The van der Waals surface area contributed by atoms with E-state index in [0.29, 0.717) is 10.6 Å². The molecule has 2 N–H and O–H groups in total. The summed E-state index contributed by atoms with van der Waals surface area (Å²) in [5.74, 6) is -0.694. The van der Waals surface area contributed by atoms with E-state index < -0.39 is 16.6 Å². The zero-order chi connectivity index (χ0) is 14.7. The Kier molecular flexibility index (Phi) is 4.38. The molecule has 1 atom stereocenters. The number of rotatable bonds is 3. The van der Waals surface area contributed by atoms with Gasteiger partial charge in [-0.3, -0.25) is 4.21 Å². The van der Waals surface area contributed by atoms with Gasteiger partial charge in [0.05, 0.1) is 32.0 Å². The van der Waals surface area contributed by atoms with Crippen LogP contribution in [0.15, 0.2) is 41.3 Å². The Morgan fingerprint density at radius 1 is 1.35 bits per heavy atom. The maximum atomic E-state index is 13.9. The van der Waals surface area contributed by atoms with E-state index in [9.17, 15) is 8.60 Å². The van der Waals surface area contributed by atoms with Gasteiger partial charge in [-0.05, 0) is 24.3 Å². The van der Waals surface area contributed by atoms with Crippen molar-refractivity contribution in [1.82, 2.24) is 0 Å². The molecule has 2 aromatic carbocycles. The molecule has 102 valence electrons. The van der Waals surface area contributed by atoms with Crippen molar-refractivity contribution in [2.24, 2.45) is 0 Å². The van der Waals surface area contributed by atoms with Crippen LogP contribution in [0.4, 0.5) is 10.1 Å². The molecule has 0 fully saturated rings. The molecule has 0 aromatic heterocycles. The second kappa shape index (κ2) is 6.04. The number of nitriles is 1. The summed E-state index contributed by atoms with van der Waals surface area (Å²) in [5.41, 5.74) is 6.18. The highest BCUT2D eigenvalue weighted by Gasteiger charge is 2.14. The number of benzene rings is 2. The van der Waals surface area contributed by atoms with Crippen molar-refractivity contribution in [3.63, 3.8) is 0 Å². The van der Waals surface area contributed by atoms with E-state index in [1.54, 1.807) is 24.3 Å². The number of hydrogen-bond donors (Lipinski definition) is 1. The van der Waals surface area contributed by atoms with Crippen LogP contribution in [0.25, 0.3) is 0 Å². The minimum atomic E-state index is -1.51. The molecule has 0 aliphatic rings. The van der Waals surface area contributed by atoms with Crippen LogP contribution in [0.3, 0.4) is 0 Å². The maximum Gasteiger partial charge on any atom is 0.145 e. The fourth-order valence-corrected chi connectivity index (χ4v) is 3.30. The lowest BCUT2D eigenvalue weighted by Gasteiger charge is -2.07. The Bertz CT molecular complexity index is 728. The summed E-state index contributed by atoms with van der Waals surface area (Å²) in [6, 6.07) is 10.8. The van der Waals surface area contributed by atoms with Crippen LogP contribution >= 0.6 is 11.6 Å². The average Bonchev–Trinajstić information content (AvgIpc) is 2.41. The lowest BCUT2D eigenvalue weighted by atomic mass is 10.1. The van der Waals surface area contributed by atoms with Gasteiger partial charge in [0.15, 0.2) is 0 Å². The number of nitrogens with zero attached hydrogens (tertiary/aromatic N) is 1. The summed E-state index contributed by atoms with van der Waals surface area (Å²) in [6.45, 7) is 0. The summed E-state index contributed by atoms with van der Waals surface area (Å²) >= 11 is 5.97. The van der Waals surface area contributed by atoms with E-state index in [1.165, 1.54) is 18.2 Å². The molecule has 0 aliphatic heterocycles. The van der Waals surface area contributed by atoms with Crippen molar-refractivity contribution in [3.05, 3.63) is 58.4 Å². The number of nitrogen functional groups attached to an aromatic ring is 1. The maximum absolute atomic E-state index is 13.9. The van der Waals surface area contributed by atoms with Crippen LogP contribution in [0.1, 0.15) is 11.1 Å². The van der Waals surface area contributed by atoms with Crippen molar-refractivity contribution in [2.45, 2.75) is 10.6 Å². The second-order valence-corrected chi connectivity index (χ2v) is 5.90. The van der Waals surface area contributed by atoms with Crippen molar-refractivity contribution in [1.29, 1.82) is 5.26 Å². The Labute approximate surface area is 123 Å². The topological polar surface area (TPSA) is 66.9 Å². The highest BCUT2D eigenvalue weighted by Crippen LogP contribution is 2.25. The van der Waals surface area contributed by atoms with E-state index >= 15 is 0 Å². The van der Waals surface area contributed by atoms with Gasteiger partial charge in [-0.1, -0.05) is 23.7 Å². The van der Waals surface area contributed by atoms with Gasteiger partial charge < -0.3 is 5.73 Å². The molecule has 2 aromatic rings. The first-order valence-corrected chi connectivity index (χ1v) is 7.33. The van der Waals surface area contributed by atoms with Crippen LogP contribution in [-0.4, -0.2) is 4.21 Å². The summed E-state index contributed by atoms with van der Waals surface area (Å²) in [7, 11) is -1.51. The quantitative estimate of drug-likeness (QED) is 0.885. The van der Waals surface area contributed by atoms with Crippen LogP contribution < -0.4 is 5.73 Å². The third-order valence-electron chi connectivity index (χ3n) is 2.69. The smallest absolute Gasteiger partial charge is 0.145 e. The predicted molar refractivity (Wildman–Crippen MR) is 77.1 cm³/mol. The molecular weight excluding hydrogens is 299 g/mol. The summed E-state index contributed by atoms with van der Waals surface area (Å²) in [5, 5.41) is 9.05. The van der Waals surface area contributed by atoms with Gasteiger partial charge in [0.2, 0.25) is 0 Å². The normalized spacial score (nSPS) is 11.8. The monoisotopic (exact) mass is 308 g/mol. The number of nitrogens with two attached hydrogens (primary N) is 1. The van der Waals surface area contributed by atoms with Crippen molar-refractivity contribution < 1.29 is 8.60 Å². The van der Waals surface area contributed by atoms with E-state index in [4.69, 9.17) is 22.6 Å². The van der Waals surface area contributed by atoms with Crippen LogP contribution in [-0.2, 0) is 16.6 Å². The Morgan fingerprint density at radius 2 is 2.10 bits per heavy atom. The van der Waals surface area contributed by atoms with Gasteiger partial charge in [-0.2, -0.15) is 5.26 Å². The molecule has 1 unspecified atom stereocenters. The molecule has 0 radical (unpaired) electrons. The molecule has 0 saturated carbocycles. The molecule has 0 amide bonds. The molecular formula is C14H10ClFN2OS. The minimum Gasteiger partial charge on any atom is -0.399 e. The molecule has 2 rings (SSSR count). The predicted octanol–water partition coefficient (Wildman–Crippen LogP) is 3.24. The van der Waals surface area contributed by atoms with Crippen molar-refractivity contribution >= 4 is 28.1 Å². The van der Waals surface area contributed by atoms with Crippen LogP contribution in [0.2, 0.25) is 5.02 Å². The third kappa shape index (κ3) is 2.98. The first-order chi connectivity index (χ1) is 9.52. The fraction of sp³-hybridized carbons (Fsp3) is 0.0714. The summed E-state index contributed by atoms with van der Waals surface area (Å²) < 4.78 is 26.1. The molecule has 20 heavy (non-hydrogen) atoms. The fourth-order valence-electron chi connectivity index (χ4n) is 1.70. The molecule has 0 saturated heterocycles. The lowest BCUT2D eigenvalue weighted by molar-refractivity contribution is 0.611. The number of halogens is 2. The lowest BCUT2D eigenvalue weighted by Crippen LogP contribution is -2.01. The summed E-state index contributed by atoms with van der Waals surface area (Å²) in [4.78, 5) is 0.391. The number of anilines is 1. The molecule has 0 spiro atoms. The molecule has 0 aliphatic carbocycles. The number of hydrogen-bond acceptors (Lipinski definition) is 3. The van der Waals surface area contributed by atoms with Gasteiger partial charge in [0, 0.05) is 11.3 Å². The van der Waals surface area contributed by atoms with Crippen molar-refractivity contribution in [3.8, 4) is 6.07 Å². The third-order valence-corrected chi connectivity index (χ3v) is 4.53. The van der Waals surface area contributed by atoms with Crippen LogP contribution in [0, 0.1) is 17.1 Å². The SMILES string of the molecule is N#Cc1cccc(CS(=O)c2ccc(N)cc2Cl)c1F. The van der Waals surface area contributed by atoms with E-state index in [0.717, 1.165) is 0 Å². The Hall–Kier alpha value is -1.90. The summed E-state index contributed by atoms with van der Waals surface area (Å²) in [6.07, 6.45) is 0. The van der Waals surface area contributed by atoms with Crippen LogP contribution in [0.5, 0.6) is 0 Å². The van der Waals surface area contributed by atoms with E-state index in [2.05, 4.69) is 0 Å². The van der Waals surface area contributed by atoms with E-state index in [-0.39, 0.29) is 21.9 Å². The molecule has 0 heterocycles. The van der Waals surface area contributed by atoms with Gasteiger partial charge in [-0.25, -0.2) is 4.39 Å². The first-order valence-electron chi connectivity index (χ1n) is 5.64. The minimum absolute atomic E-state index is 0.0506. The zero-order valence-corrected chi connectivity index (χ0v) is 11.8. The molecule has 6 heteroatoms. The van der Waals surface area contributed by atoms with E-state index in [1.807, 2.05) is 0 Å². The molecule has 3 nitrogen and oxygen atoms in total. The highest BCUT2D eigenvalue weighted by atomic mass is 35.5. The Morgan fingerprint density at radius 3 is 2.75 bits per heavy atom. The van der Waals surface area contributed by atoms with Crippen molar-refractivity contribution in [2.75, 3.05) is 5.73 Å². The average molecular weight is 309 g/mol. The largest absolute Gasteiger partial charge is 0.399 e. The van der Waals surface area contributed by atoms with Gasteiger partial charge in [0.1, 0.15) is 11.9 Å². The van der Waals surface area contributed by atoms with Gasteiger partial charge in [0.25, 0.3) is 0 Å². The zero-order valence-electron chi connectivity index (χ0n) is 10.3. The van der Waals surface area contributed by atoms with Gasteiger partial charge in [-0.15, -0.1) is 0 Å². The highest BCUT2D eigenvalue weighted by molar-refractivity contribution is 7.84. The molecule has 0 bridgehead atoms.